The predicted molar refractivity (Wildman–Crippen MR) is 107 cm³/mol. The van der Waals surface area contributed by atoms with Gasteiger partial charge >= 0.3 is 0 Å². The summed E-state index contributed by atoms with van der Waals surface area (Å²) in [4.78, 5) is 16.5. The topological polar surface area (TPSA) is 78.5 Å². The highest BCUT2D eigenvalue weighted by molar-refractivity contribution is 5.96. The van der Waals surface area contributed by atoms with Gasteiger partial charge < -0.3 is 24.2 Å². The van der Waals surface area contributed by atoms with Crippen molar-refractivity contribution in [1.29, 1.82) is 0 Å². The third-order valence-corrected chi connectivity index (χ3v) is 5.18. The van der Waals surface area contributed by atoms with E-state index in [-0.39, 0.29) is 16.9 Å². The first-order chi connectivity index (χ1) is 13.6. The molecule has 0 spiro atoms. The van der Waals surface area contributed by atoms with Crippen LogP contribution in [0, 0.1) is 0 Å². The van der Waals surface area contributed by atoms with Crippen LogP contribution in [0.5, 0.6) is 5.75 Å². The molecule has 2 heterocycles. The van der Waals surface area contributed by atoms with E-state index in [1.54, 1.807) is 12.1 Å². The van der Waals surface area contributed by atoms with Gasteiger partial charge in [-0.2, -0.15) is 0 Å². The Bertz CT molecular complexity index is 870. The van der Waals surface area contributed by atoms with E-state index in [0.717, 1.165) is 37.9 Å². The number of Topliss-reactive ketones (excluding diaryl/α,β-unsaturated/α-hetero) is 1. The molecule has 0 unspecified atom stereocenters. The average molecular weight is 387 g/mol. The molecule has 0 aliphatic carbocycles. The second kappa shape index (κ2) is 9.71. The standard InChI is InChI=1S/C21H29N3O4/c1-16(25)19-14-17-6-7-18(15-20(17)28-21(19)22-26)27-13-5-3-4-8-24-11-9-23(2)10-12-24/h6-7,14-15,26H,3-5,8-13H2,1-2H3. The maximum Gasteiger partial charge on any atom is 0.266 e. The first kappa shape index (κ1) is 20.4. The maximum absolute atomic E-state index is 11.6. The molecule has 0 radical (unpaired) electrons. The number of ketones is 1. The van der Waals surface area contributed by atoms with Crippen molar-refractivity contribution in [3.8, 4) is 5.75 Å². The van der Waals surface area contributed by atoms with Crippen LogP contribution in [0.2, 0.25) is 0 Å². The highest BCUT2D eigenvalue weighted by atomic mass is 16.5. The highest BCUT2D eigenvalue weighted by Crippen LogP contribution is 2.21. The van der Waals surface area contributed by atoms with E-state index >= 15 is 0 Å². The summed E-state index contributed by atoms with van der Waals surface area (Å²) in [6, 6.07) is 7.13. The van der Waals surface area contributed by atoms with Crippen LogP contribution < -0.4 is 10.3 Å². The molecule has 0 saturated carbocycles. The highest BCUT2D eigenvalue weighted by Gasteiger charge is 2.13. The lowest BCUT2D eigenvalue weighted by atomic mass is 10.1. The average Bonchev–Trinajstić information content (AvgIpc) is 2.70. The van der Waals surface area contributed by atoms with Crippen molar-refractivity contribution in [3.05, 3.63) is 35.4 Å². The first-order valence-corrected chi connectivity index (χ1v) is 9.87. The van der Waals surface area contributed by atoms with Gasteiger partial charge in [-0.15, -0.1) is 0 Å². The molecule has 1 aliphatic heterocycles. The number of ether oxygens (including phenoxy) is 1. The summed E-state index contributed by atoms with van der Waals surface area (Å²) in [5.41, 5.74) is 0.690. The van der Waals surface area contributed by atoms with Crippen LogP contribution in [0.4, 0.5) is 0 Å². The van der Waals surface area contributed by atoms with Gasteiger partial charge in [-0.25, -0.2) is 0 Å². The fraction of sp³-hybridized carbons (Fsp3) is 0.524. The number of carbonyl (C=O) groups is 1. The normalized spacial score (nSPS) is 16.6. The Balaban J connectivity index is 1.47. The smallest absolute Gasteiger partial charge is 0.266 e. The van der Waals surface area contributed by atoms with E-state index in [0.29, 0.717) is 17.9 Å². The number of nitrogens with zero attached hydrogens (tertiary/aromatic N) is 3. The molecule has 7 nitrogen and oxygen atoms in total. The lowest BCUT2D eigenvalue weighted by Gasteiger charge is -2.32. The minimum Gasteiger partial charge on any atom is -0.493 e. The molecular formula is C21H29N3O4. The van der Waals surface area contributed by atoms with Crippen molar-refractivity contribution in [3.63, 3.8) is 0 Å². The minimum atomic E-state index is -0.213. The van der Waals surface area contributed by atoms with Crippen molar-refractivity contribution >= 4 is 16.8 Å². The predicted octanol–water partition coefficient (Wildman–Crippen LogP) is 2.72. The van der Waals surface area contributed by atoms with E-state index < -0.39 is 0 Å². The Hall–Kier alpha value is -2.38. The Kier molecular flexibility index (Phi) is 7.06. The van der Waals surface area contributed by atoms with Crippen LogP contribution in [-0.2, 0) is 0 Å². The van der Waals surface area contributed by atoms with E-state index in [1.165, 1.54) is 26.4 Å². The van der Waals surface area contributed by atoms with E-state index in [1.807, 2.05) is 12.1 Å². The lowest BCUT2D eigenvalue weighted by molar-refractivity contribution is 0.101. The summed E-state index contributed by atoms with van der Waals surface area (Å²) in [6.45, 7) is 7.88. The maximum atomic E-state index is 11.6. The number of unbranched alkanes of at least 4 members (excludes halogenated alkanes) is 2. The SMILES string of the molecule is CC(=O)c1cc2ccc(OCCCCCN3CCN(C)CC3)cc2oc1=NO. The Morgan fingerprint density at radius 1 is 1.18 bits per heavy atom. The van der Waals surface area contributed by atoms with Crippen molar-refractivity contribution in [2.45, 2.75) is 26.2 Å². The molecule has 0 bridgehead atoms. The number of rotatable bonds is 8. The van der Waals surface area contributed by atoms with E-state index in [9.17, 15) is 4.79 Å². The van der Waals surface area contributed by atoms with Gasteiger partial charge in [-0.1, -0.05) is 0 Å². The van der Waals surface area contributed by atoms with Crippen LogP contribution in [0.15, 0.2) is 33.8 Å². The number of piperazine rings is 1. The van der Waals surface area contributed by atoms with Gasteiger partial charge in [-0.3, -0.25) is 4.79 Å². The zero-order valence-corrected chi connectivity index (χ0v) is 16.7. The summed E-state index contributed by atoms with van der Waals surface area (Å²) in [5, 5.41) is 12.9. The molecule has 1 N–H and O–H groups in total. The summed E-state index contributed by atoms with van der Waals surface area (Å²) < 4.78 is 11.4. The van der Waals surface area contributed by atoms with Gasteiger partial charge in [-0.05, 0) is 63.1 Å². The first-order valence-electron chi connectivity index (χ1n) is 9.87. The largest absolute Gasteiger partial charge is 0.493 e. The van der Waals surface area contributed by atoms with E-state index in [4.69, 9.17) is 14.4 Å². The van der Waals surface area contributed by atoms with Crippen molar-refractivity contribution in [2.24, 2.45) is 5.16 Å². The van der Waals surface area contributed by atoms with Gasteiger partial charge in [0.2, 0.25) is 0 Å². The van der Waals surface area contributed by atoms with Gasteiger partial charge in [0.15, 0.2) is 5.78 Å². The summed E-state index contributed by atoms with van der Waals surface area (Å²) in [5.74, 6) is 0.491. The molecule has 1 aromatic heterocycles. The van der Waals surface area contributed by atoms with Gasteiger partial charge in [0.05, 0.1) is 12.2 Å². The zero-order valence-electron chi connectivity index (χ0n) is 16.7. The Morgan fingerprint density at radius 3 is 2.68 bits per heavy atom. The molecule has 1 fully saturated rings. The monoisotopic (exact) mass is 387 g/mol. The number of benzene rings is 1. The molecule has 28 heavy (non-hydrogen) atoms. The van der Waals surface area contributed by atoms with E-state index in [2.05, 4.69) is 22.0 Å². The van der Waals surface area contributed by atoms with Gasteiger partial charge in [0, 0.05) is 37.6 Å². The molecule has 1 aliphatic rings. The third-order valence-electron chi connectivity index (χ3n) is 5.18. The Morgan fingerprint density at radius 2 is 1.96 bits per heavy atom. The minimum absolute atomic E-state index is 0.0824. The van der Waals surface area contributed by atoms with Crippen LogP contribution in [0.3, 0.4) is 0 Å². The summed E-state index contributed by atoms with van der Waals surface area (Å²) in [7, 11) is 2.18. The number of hydrogen-bond acceptors (Lipinski definition) is 7. The molecule has 1 aromatic carbocycles. The molecule has 1 saturated heterocycles. The molecule has 7 heteroatoms. The number of hydrogen-bond donors (Lipinski definition) is 1. The summed E-state index contributed by atoms with van der Waals surface area (Å²) >= 11 is 0. The second-order valence-electron chi connectivity index (χ2n) is 7.38. The quantitative estimate of drug-likeness (QED) is 0.325. The zero-order chi connectivity index (χ0) is 19.9. The third kappa shape index (κ3) is 5.33. The van der Waals surface area contributed by atoms with Crippen molar-refractivity contribution in [2.75, 3.05) is 46.4 Å². The molecule has 0 atom stereocenters. The molecule has 2 aromatic rings. The van der Waals surface area contributed by atoms with Crippen LogP contribution in [0.25, 0.3) is 11.0 Å². The van der Waals surface area contributed by atoms with Crippen molar-refractivity contribution < 1.29 is 19.2 Å². The van der Waals surface area contributed by atoms with Crippen LogP contribution >= 0.6 is 0 Å². The van der Waals surface area contributed by atoms with Crippen molar-refractivity contribution in [1.82, 2.24) is 9.80 Å². The van der Waals surface area contributed by atoms with Crippen LogP contribution in [-0.4, -0.2) is 67.2 Å². The molecule has 152 valence electrons. The fourth-order valence-corrected chi connectivity index (χ4v) is 3.39. The number of fused-ring (bicyclic) bond motifs is 1. The Labute approximate surface area is 165 Å². The number of likely N-dealkylation sites (N-methyl/N-ethyl adjacent to an activating group) is 1. The molecular weight excluding hydrogens is 358 g/mol. The second-order valence-corrected chi connectivity index (χ2v) is 7.38. The lowest BCUT2D eigenvalue weighted by Crippen LogP contribution is -2.44. The molecule has 3 rings (SSSR count). The van der Waals surface area contributed by atoms with Gasteiger partial charge in [0.25, 0.3) is 5.55 Å². The molecule has 0 amide bonds. The fourth-order valence-electron chi connectivity index (χ4n) is 3.39. The number of carbonyl (C=O) groups excluding carboxylic acids is 1. The van der Waals surface area contributed by atoms with Gasteiger partial charge in [0.1, 0.15) is 11.3 Å². The summed E-state index contributed by atoms with van der Waals surface area (Å²) in [6.07, 6.45) is 3.33. The van der Waals surface area contributed by atoms with Crippen LogP contribution in [0.1, 0.15) is 36.5 Å².